The summed E-state index contributed by atoms with van der Waals surface area (Å²) < 4.78 is 24.7. The third-order valence-electron chi connectivity index (χ3n) is 4.47. The van der Waals surface area contributed by atoms with Crippen LogP contribution in [0.4, 0.5) is 10.1 Å². The van der Waals surface area contributed by atoms with Gasteiger partial charge in [0.15, 0.2) is 5.60 Å². The number of ether oxygens (including phenoxy) is 2. The van der Waals surface area contributed by atoms with Crippen molar-refractivity contribution in [3.05, 3.63) is 58.4 Å². The lowest BCUT2D eigenvalue weighted by Gasteiger charge is -2.42. The first-order chi connectivity index (χ1) is 12.4. The molecular formula is C20H22ClFN2O2. The summed E-state index contributed by atoms with van der Waals surface area (Å²) in [6, 6.07) is 9.83. The van der Waals surface area contributed by atoms with Crippen molar-refractivity contribution in [2.45, 2.75) is 19.4 Å². The Balaban J connectivity index is 1.90. The maximum atomic E-state index is 13.1. The van der Waals surface area contributed by atoms with Gasteiger partial charge in [-0.05, 0) is 55.8 Å². The van der Waals surface area contributed by atoms with Gasteiger partial charge in [-0.1, -0.05) is 11.6 Å². The molecule has 0 radical (unpaired) electrons. The number of halogens is 2. The molecule has 26 heavy (non-hydrogen) atoms. The average molecular weight is 377 g/mol. The second-order valence-electron chi connectivity index (χ2n) is 6.48. The molecule has 0 bridgehead atoms. The molecule has 0 aromatic heterocycles. The molecular weight excluding hydrogens is 355 g/mol. The molecule has 138 valence electrons. The van der Waals surface area contributed by atoms with Crippen molar-refractivity contribution in [2.24, 2.45) is 4.99 Å². The fourth-order valence-electron chi connectivity index (χ4n) is 2.78. The van der Waals surface area contributed by atoms with Crippen LogP contribution >= 0.6 is 11.6 Å². The molecule has 0 N–H and O–H groups in total. The smallest absolute Gasteiger partial charge is 0.180 e. The highest BCUT2D eigenvalue weighted by Gasteiger charge is 2.44. The summed E-state index contributed by atoms with van der Waals surface area (Å²) in [6.45, 7) is 5.76. The van der Waals surface area contributed by atoms with E-state index in [1.54, 1.807) is 18.5 Å². The van der Waals surface area contributed by atoms with Crippen LogP contribution in [0.5, 0.6) is 5.75 Å². The van der Waals surface area contributed by atoms with E-state index < -0.39 is 5.60 Å². The quantitative estimate of drug-likeness (QED) is 0.541. The Bertz CT molecular complexity index is 804. The molecule has 0 saturated carbocycles. The number of aliphatic imine (C=N–C) groups is 1. The highest BCUT2D eigenvalue weighted by atomic mass is 35.5. The van der Waals surface area contributed by atoms with E-state index in [2.05, 4.69) is 11.9 Å². The Morgan fingerprint density at radius 3 is 2.58 bits per heavy atom. The molecule has 3 rings (SSSR count). The third kappa shape index (κ3) is 3.84. The molecule has 1 saturated heterocycles. The average Bonchev–Trinajstić information content (AvgIpc) is 2.60. The van der Waals surface area contributed by atoms with E-state index >= 15 is 0 Å². The normalized spacial score (nSPS) is 15.7. The molecule has 0 atom stereocenters. The van der Waals surface area contributed by atoms with E-state index in [-0.39, 0.29) is 5.82 Å². The minimum absolute atomic E-state index is 0.297. The maximum Gasteiger partial charge on any atom is 0.180 e. The predicted octanol–water partition coefficient (Wildman–Crippen LogP) is 4.70. The van der Waals surface area contributed by atoms with Crippen molar-refractivity contribution in [3.8, 4) is 5.75 Å². The molecule has 1 aliphatic heterocycles. The highest BCUT2D eigenvalue weighted by molar-refractivity contribution is 6.33. The summed E-state index contributed by atoms with van der Waals surface area (Å²) in [7, 11) is 1.95. The number of hydrogen-bond acceptors (Lipinski definition) is 3. The second kappa shape index (κ2) is 7.64. The van der Waals surface area contributed by atoms with Crippen molar-refractivity contribution < 1.29 is 13.9 Å². The summed E-state index contributed by atoms with van der Waals surface area (Å²) in [5.41, 5.74) is 2.07. The monoisotopic (exact) mass is 376 g/mol. The second-order valence-corrected chi connectivity index (χ2v) is 6.89. The molecule has 2 aromatic rings. The summed E-state index contributed by atoms with van der Waals surface area (Å²) in [6.07, 6.45) is 1.76. The van der Waals surface area contributed by atoms with E-state index in [9.17, 15) is 4.39 Å². The van der Waals surface area contributed by atoms with E-state index in [0.717, 1.165) is 17.7 Å². The predicted molar refractivity (Wildman–Crippen MR) is 102 cm³/mol. The highest BCUT2D eigenvalue weighted by Crippen LogP contribution is 2.40. The van der Waals surface area contributed by atoms with Crippen LogP contribution in [0.2, 0.25) is 5.02 Å². The Kier molecular flexibility index (Phi) is 5.49. The van der Waals surface area contributed by atoms with E-state index in [0.29, 0.717) is 29.7 Å². The summed E-state index contributed by atoms with van der Waals surface area (Å²) >= 11 is 6.46. The molecule has 0 amide bonds. The lowest BCUT2D eigenvalue weighted by atomic mass is 9.88. The van der Waals surface area contributed by atoms with Gasteiger partial charge in [-0.25, -0.2) is 9.38 Å². The van der Waals surface area contributed by atoms with E-state index in [1.807, 2.05) is 31.0 Å². The zero-order valence-corrected chi connectivity index (χ0v) is 15.9. The largest absolute Gasteiger partial charge is 0.478 e. The fourth-order valence-corrected chi connectivity index (χ4v) is 3.00. The van der Waals surface area contributed by atoms with Gasteiger partial charge in [-0.15, -0.1) is 0 Å². The molecule has 1 aliphatic rings. The Morgan fingerprint density at radius 2 is 2.00 bits per heavy atom. The number of hydrogen-bond donors (Lipinski definition) is 0. The molecule has 4 nitrogen and oxygen atoms in total. The van der Waals surface area contributed by atoms with Crippen molar-refractivity contribution in [1.82, 2.24) is 4.90 Å². The third-order valence-corrected chi connectivity index (χ3v) is 4.78. The topological polar surface area (TPSA) is 34.1 Å². The molecule has 1 heterocycles. The van der Waals surface area contributed by atoms with Gasteiger partial charge in [0, 0.05) is 19.2 Å². The number of benzene rings is 2. The molecule has 2 aromatic carbocycles. The van der Waals surface area contributed by atoms with Crippen molar-refractivity contribution >= 4 is 23.6 Å². The first-order valence-corrected chi connectivity index (χ1v) is 8.89. The Hall–Kier alpha value is -2.11. The zero-order valence-electron chi connectivity index (χ0n) is 15.1. The first kappa shape index (κ1) is 18.7. The van der Waals surface area contributed by atoms with Crippen LogP contribution in [0, 0.1) is 12.7 Å². The van der Waals surface area contributed by atoms with Crippen LogP contribution in [0.1, 0.15) is 18.1 Å². The Labute approximate surface area is 158 Å². The zero-order chi connectivity index (χ0) is 18.7. The van der Waals surface area contributed by atoms with Gasteiger partial charge in [0.2, 0.25) is 0 Å². The minimum Gasteiger partial charge on any atom is -0.478 e. The fraction of sp³-hybridized carbons (Fsp3) is 0.350. The molecule has 6 heteroatoms. The lowest BCUT2D eigenvalue weighted by Crippen LogP contribution is -2.52. The van der Waals surface area contributed by atoms with Gasteiger partial charge in [-0.2, -0.15) is 0 Å². The van der Waals surface area contributed by atoms with Crippen LogP contribution in [-0.4, -0.2) is 38.0 Å². The standard InChI is InChI=1S/C20H22ClFN2O2/c1-4-24(3)13-23-19-9-14(2)17(10-18(19)21)20(11-25-12-20)26-16-7-5-15(22)6-8-16/h5-10,13H,4,11-12H2,1-3H3. The van der Waals surface area contributed by atoms with Crippen molar-refractivity contribution in [3.63, 3.8) is 0 Å². The van der Waals surface area contributed by atoms with E-state index in [1.165, 1.54) is 12.1 Å². The first-order valence-electron chi connectivity index (χ1n) is 8.51. The van der Waals surface area contributed by atoms with Gasteiger partial charge in [0.05, 0.1) is 30.3 Å². The van der Waals surface area contributed by atoms with Crippen molar-refractivity contribution in [2.75, 3.05) is 26.8 Å². The SMILES string of the molecule is CCN(C)C=Nc1cc(C)c(C2(Oc3ccc(F)cc3)COC2)cc1Cl. The summed E-state index contributed by atoms with van der Waals surface area (Å²) in [5.74, 6) is 0.298. The van der Waals surface area contributed by atoms with Gasteiger partial charge < -0.3 is 14.4 Å². The number of rotatable bonds is 6. The van der Waals surface area contributed by atoms with Gasteiger partial charge in [0.25, 0.3) is 0 Å². The van der Waals surface area contributed by atoms with Gasteiger partial charge in [-0.3, -0.25) is 0 Å². The van der Waals surface area contributed by atoms with Gasteiger partial charge >= 0.3 is 0 Å². The van der Waals surface area contributed by atoms with Gasteiger partial charge in [0.1, 0.15) is 11.6 Å². The summed E-state index contributed by atoms with van der Waals surface area (Å²) in [5, 5.41) is 0.556. The van der Waals surface area contributed by atoms with Crippen molar-refractivity contribution in [1.29, 1.82) is 0 Å². The molecule has 0 spiro atoms. The van der Waals surface area contributed by atoms with Crippen LogP contribution in [0.3, 0.4) is 0 Å². The Morgan fingerprint density at radius 1 is 1.31 bits per heavy atom. The van der Waals surface area contributed by atoms with Crippen LogP contribution in [0.25, 0.3) is 0 Å². The molecule has 1 fully saturated rings. The maximum absolute atomic E-state index is 13.1. The lowest BCUT2D eigenvalue weighted by molar-refractivity contribution is -0.168. The van der Waals surface area contributed by atoms with Crippen LogP contribution < -0.4 is 4.74 Å². The number of aryl methyl sites for hydroxylation is 1. The summed E-state index contributed by atoms with van der Waals surface area (Å²) in [4.78, 5) is 6.42. The molecule has 0 aliphatic carbocycles. The van der Waals surface area contributed by atoms with Crippen LogP contribution in [0.15, 0.2) is 41.4 Å². The van der Waals surface area contributed by atoms with E-state index in [4.69, 9.17) is 21.1 Å². The minimum atomic E-state index is -0.617. The van der Waals surface area contributed by atoms with Crippen LogP contribution in [-0.2, 0) is 10.3 Å². The molecule has 0 unspecified atom stereocenters. The number of nitrogens with zero attached hydrogens (tertiary/aromatic N) is 2.